The summed E-state index contributed by atoms with van der Waals surface area (Å²) in [4.78, 5) is 4.44. The Morgan fingerprint density at radius 2 is 2.17 bits per heavy atom. The Morgan fingerprint density at radius 3 is 2.78 bits per heavy atom. The Hall–Kier alpha value is -2.34. The number of para-hydroxylation sites is 1. The van der Waals surface area contributed by atoms with Crippen molar-refractivity contribution in [2.24, 2.45) is 10.8 Å². The highest BCUT2D eigenvalue weighted by Crippen LogP contribution is 2.14. The number of nitrogens with two attached hydrogens (primary N) is 1. The van der Waals surface area contributed by atoms with Gasteiger partial charge in [0.15, 0.2) is 0 Å². The first-order chi connectivity index (χ1) is 8.79. The highest BCUT2D eigenvalue weighted by Gasteiger charge is 2.06. The van der Waals surface area contributed by atoms with Gasteiger partial charge in [-0.1, -0.05) is 18.2 Å². The number of guanidine groups is 1. The molecule has 2 aromatic rings. The maximum Gasteiger partial charge on any atom is 0.210 e. The Morgan fingerprint density at radius 1 is 1.39 bits per heavy atom. The van der Waals surface area contributed by atoms with E-state index in [2.05, 4.69) is 25.9 Å². The van der Waals surface area contributed by atoms with E-state index in [1.165, 1.54) is 0 Å². The number of benzene rings is 1. The molecule has 1 atom stereocenters. The van der Waals surface area contributed by atoms with Crippen molar-refractivity contribution < 1.29 is 0 Å². The van der Waals surface area contributed by atoms with E-state index in [-0.39, 0.29) is 6.04 Å². The number of nitrogens with one attached hydrogen (secondary N) is 3. The fourth-order valence-electron chi connectivity index (χ4n) is 1.52. The van der Waals surface area contributed by atoms with Crippen LogP contribution in [0.1, 0.15) is 18.5 Å². The summed E-state index contributed by atoms with van der Waals surface area (Å²) in [5, 5.41) is 9.76. The zero-order chi connectivity index (χ0) is 12.8. The number of aliphatic imine (C=N–C) groups is 1. The molecule has 0 saturated heterocycles. The van der Waals surface area contributed by atoms with Gasteiger partial charge in [-0.3, -0.25) is 10.5 Å². The van der Waals surface area contributed by atoms with Crippen molar-refractivity contribution in [1.82, 2.24) is 15.6 Å². The number of hydrogen-bond donors (Lipinski definition) is 4. The van der Waals surface area contributed by atoms with E-state index in [0.29, 0.717) is 5.96 Å². The average Bonchev–Trinajstić information content (AvgIpc) is 2.93. The Labute approximate surface area is 105 Å². The third-order valence-corrected chi connectivity index (χ3v) is 2.50. The number of anilines is 1. The second kappa shape index (κ2) is 5.83. The first kappa shape index (κ1) is 12.1. The van der Waals surface area contributed by atoms with Crippen molar-refractivity contribution in [2.45, 2.75) is 13.0 Å². The molecule has 94 valence electrons. The van der Waals surface area contributed by atoms with Crippen molar-refractivity contribution in [1.29, 1.82) is 0 Å². The lowest BCUT2D eigenvalue weighted by atomic mass is 10.2. The van der Waals surface area contributed by atoms with Gasteiger partial charge in [0.05, 0.1) is 12.2 Å². The van der Waals surface area contributed by atoms with E-state index in [1.807, 2.05) is 43.5 Å². The smallest absolute Gasteiger partial charge is 0.210 e. The van der Waals surface area contributed by atoms with Crippen LogP contribution in [0.4, 0.5) is 5.69 Å². The minimum atomic E-state index is -0.0361. The van der Waals surface area contributed by atoms with Crippen LogP contribution >= 0.6 is 0 Å². The molecule has 6 nitrogen and oxygen atoms in total. The minimum absolute atomic E-state index is 0.0361. The number of hydrogen-bond acceptors (Lipinski definition) is 3. The van der Waals surface area contributed by atoms with Gasteiger partial charge in [0.1, 0.15) is 0 Å². The van der Waals surface area contributed by atoms with E-state index in [4.69, 9.17) is 5.84 Å². The van der Waals surface area contributed by atoms with Crippen LogP contribution in [0, 0.1) is 0 Å². The van der Waals surface area contributed by atoms with Crippen molar-refractivity contribution >= 4 is 11.6 Å². The molecule has 1 aromatic heterocycles. The summed E-state index contributed by atoms with van der Waals surface area (Å²) in [6, 6.07) is 9.67. The normalized spacial score (nSPS) is 13.1. The molecule has 0 aliphatic rings. The molecule has 1 unspecified atom stereocenters. The van der Waals surface area contributed by atoms with Gasteiger partial charge in [-0.25, -0.2) is 10.8 Å². The summed E-state index contributed by atoms with van der Waals surface area (Å²) in [5.74, 6) is 5.96. The lowest BCUT2D eigenvalue weighted by Gasteiger charge is -2.11. The molecular weight excluding hydrogens is 228 g/mol. The zero-order valence-corrected chi connectivity index (χ0v) is 10.1. The minimum Gasteiger partial charge on any atom is -0.325 e. The standard InChI is InChI=1S/C12H16N6/c1-9(10-7-14-15-8-10)16-12(18-13)17-11-5-3-2-4-6-11/h2-9H,13H2,1H3,(H,14,15)(H2,16,17,18). The van der Waals surface area contributed by atoms with Crippen LogP contribution in [-0.2, 0) is 0 Å². The second-order valence-corrected chi connectivity index (χ2v) is 3.82. The van der Waals surface area contributed by atoms with E-state index in [9.17, 15) is 0 Å². The predicted molar refractivity (Wildman–Crippen MR) is 71.8 cm³/mol. The number of hydrazine groups is 1. The molecule has 0 aliphatic heterocycles. The summed E-state index contributed by atoms with van der Waals surface area (Å²) in [6.45, 7) is 1.97. The molecule has 0 radical (unpaired) electrons. The molecule has 6 heteroatoms. The Balaban J connectivity index is 2.09. The molecule has 1 aromatic carbocycles. The summed E-state index contributed by atoms with van der Waals surface area (Å²) in [7, 11) is 0. The molecule has 0 spiro atoms. The number of rotatable bonds is 3. The second-order valence-electron chi connectivity index (χ2n) is 3.82. The number of H-pyrrole nitrogens is 1. The van der Waals surface area contributed by atoms with Crippen LogP contribution < -0.4 is 16.6 Å². The number of aromatic amines is 1. The molecule has 0 amide bonds. The lowest BCUT2D eigenvalue weighted by Crippen LogP contribution is -2.36. The van der Waals surface area contributed by atoms with Gasteiger partial charge in [-0.05, 0) is 19.1 Å². The topological polar surface area (TPSA) is 91.1 Å². The first-order valence-electron chi connectivity index (χ1n) is 5.65. The highest BCUT2D eigenvalue weighted by molar-refractivity contribution is 5.93. The molecule has 0 saturated carbocycles. The predicted octanol–water partition coefficient (Wildman–Crippen LogP) is 1.40. The maximum absolute atomic E-state index is 5.46. The van der Waals surface area contributed by atoms with Crippen molar-refractivity contribution in [3.8, 4) is 0 Å². The van der Waals surface area contributed by atoms with Gasteiger partial charge >= 0.3 is 0 Å². The lowest BCUT2D eigenvalue weighted by molar-refractivity contribution is 0.805. The fraction of sp³-hybridized carbons (Fsp3) is 0.167. The van der Waals surface area contributed by atoms with Crippen LogP contribution in [0.15, 0.2) is 47.7 Å². The van der Waals surface area contributed by atoms with Crippen molar-refractivity contribution in [3.05, 3.63) is 48.3 Å². The molecule has 0 fully saturated rings. The van der Waals surface area contributed by atoms with Gasteiger partial charge in [-0.2, -0.15) is 5.10 Å². The van der Waals surface area contributed by atoms with Crippen molar-refractivity contribution in [2.75, 3.05) is 5.32 Å². The number of aromatic nitrogens is 2. The van der Waals surface area contributed by atoms with Crippen LogP contribution in [0.2, 0.25) is 0 Å². The van der Waals surface area contributed by atoms with Crippen LogP contribution in [0.25, 0.3) is 0 Å². The van der Waals surface area contributed by atoms with Gasteiger partial charge in [0.2, 0.25) is 5.96 Å². The third-order valence-electron chi connectivity index (χ3n) is 2.50. The average molecular weight is 244 g/mol. The molecule has 5 N–H and O–H groups in total. The Kier molecular flexibility index (Phi) is 3.93. The molecule has 18 heavy (non-hydrogen) atoms. The summed E-state index contributed by atoms with van der Waals surface area (Å²) < 4.78 is 0. The maximum atomic E-state index is 5.46. The van der Waals surface area contributed by atoms with Crippen LogP contribution in [0.3, 0.4) is 0 Å². The number of nitrogens with zero attached hydrogens (tertiary/aromatic N) is 2. The highest BCUT2D eigenvalue weighted by atomic mass is 15.3. The van der Waals surface area contributed by atoms with Gasteiger partial charge in [0.25, 0.3) is 0 Å². The van der Waals surface area contributed by atoms with Gasteiger partial charge in [0, 0.05) is 17.4 Å². The van der Waals surface area contributed by atoms with Gasteiger partial charge < -0.3 is 5.32 Å². The van der Waals surface area contributed by atoms with Crippen LogP contribution in [-0.4, -0.2) is 16.2 Å². The first-order valence-corrected chi connectivity index (χ1v) is 5.65. The summed E-state index contributed by atoms with van der Waals surface area (Å²) >= 11 is 0. The molecule has 0 aliphatic carbocycles. The third kappa shape index (κ3) is 3.08. The largest absolute Gasteiger partial charge is 0.325 e. The van der Waals surface area contributed by atoms with E-state index < -0.39 is 0 Å². The molecule has 0 bridgehead atoms. The van der Waals surface area contributed by atoms with Crippen molar-refractivity contribution in [3.63, 3.8) is 0 Å². The molecular formula is C12H16N6. The fourth-order valence-corrected chi connectivity index (χ4v) is 1.52. The summed E-state index contributed by atoms with van der Waals surface area (Å²) in [5.41, 5.74) is 4.47. The van der Waals surface area contributed by atoms with E-state index in [0.717, 1.165) is 11.3 Å². The SMILES string of the molecule is CC(N=C(NN)Nc1ccccc1)c1cn[nH]c1. The zero-order valence-electron chi connectivity index (χ0n) is 10.1. The van der Waals surface area contributed by atoms with E-state index >= 15 is 0 Å². The van der Waals surface area contributed by atoms with Crippen LogP contribution in [0.5, 0.6) is 0 Å². The molecule has 1 heterocycles. The Bertz CT molecular complexity index is 491. The monoisotopic (exact) mass is 244 g/mol. The van der Waals surface area contributed by atoms with E-state index in [1.54, 1.807) is 6.20 Å². The molecule has 2 rings (SSSR count). The summed E-state index contributed by atoms with van der Waals surface area (Å²) in [6.07, 6.45) is 3.55. The van der Waals surface area contributed by atoms with Gasteiger partial charge in [-0.15, -0.1) is 0 Å². The quantitative estimate of drug-likeness (QED) is 0.284.